The van der Waals surface area contributed by atoms with Crippen molar-refractivity contribution in [2.24, 2.45) is 5.92 Å². The summed E-state index contributed by atoms with van der Waals surface area (Å²) in [5, 5.41) is 9.15. The van der Waals surface area contributed by atoms with Crippen LogP contribution >= 0.6 is 0 Å². The van der Waals surface area contributed by atoms with Gasteiger partial charge in [-0.05, 0) is 18.8 Å². The van der Waals surface area contributed by atoms with E-state index >= 15 is 0 Å². The van der Waals surface area contributed by atoms with Crippen LogP contribution in [0.5, 0.6) is 0 Å². The second kappa shape index (κ2) is 4.81. The Balaban J connectivity index is 1.91. The Morgan fingerprint density at radius 1 is 1.11 bits per heavy atom. The Morgan fingerprint density at radius 3 is 2.67 bits per heavy atom. The molecule has 94 valence electrons. The number of fused-ring (bicyclic) bond motifs is 1. The van der Waals surface area contributed by atoms with Crippen molar-refractivity contribution in [3.8, 4) is 0 Å². The van der Waals surface area contributed by atoms with Crippen LogP contribution in [-0.2, 0) is 0 Å². The maximum Gasteiger partial charge on any atom is 0.183 e. The number of rotatable bonds is 2. The largest absolute Gasteiger partial charge is 0.396 e. The standard InChI is InChI=1S/C12H15N5O/c18-7-9-1-5-17(6-2-9)12-10-11(15-8-16-12)14-4-3-13-10/h3-4,8-9,18H,1-2,5-7H2. The first-order chi connectivity index (χ1) is 8.88. The number of anilines is 1. The highest BCUT2D eigenvalue weighted by Crippen LogP contribution is 2.24. The van der Waals surface area contributed by atoms with Crippen LogP contribution in [0.25, 0.3) is 11.2 Å². The van der Waals surface area contributed by atoms with Gasteiger partial charge in [0.25, 0.3) is 0 Å². The number of hydrogen-bond acceptors (Lipinski definition) is 6. The zero-order chi connectivity index (χ0) is 12.4. The van der Waals surface area contributed by atoms with Crippen molar-refractivity contribution in [3.05, 3.63) is 18.7 Å². The van der Waals surface area contributed by atoms with Gasteiger partial charge in [-0.2, -0.15) is 0 Å². The minimum atomic E-state index is 0.276. The molecule has 0 radical (unpaired) electrons. The third-order valence-electron chi connectivity index (χ3n) is 3.42. The van der Waals surface area contributed by atoms with Gasteiger partial charge in [0, 0.05) is 32.1 Å². The molecule has 0 spiro atoms. The van der Waals surface area contributed by atoms with Crippen molar-refractivity contribution in [1.82, 2.24) is 19.9 Å². The molecule has 1 aliphatic rings. The van der Waals surface area contributed by atoms with Crippen LogP contribution in [0.2, 0.25) is 0 Å². The summed E-state index contributed by atoms with van der Waals surface area (Å²) in [6, 6.07) is 0. The van der Waals surface area contributed by atoms with Gasteiger partial charge in [0.1, 0.15) is 6.33 Å². The highest BCUT2D eigenvalue weighted by molar-refractivity contribution is 5.82. The van der Waals surface area contributed by atoms with E-state index in [9.17, 15) is 0 Å². The van der Waals surface area contributed by atoms with Gasteiger partial charge in [0.2, 0.25) is 0 Å². The molecule has 0 aromatic carbocycles. The molecule has 0 saturated carbocycles. The minimum Gasteiger partial charge on any atom is -0.396 e. The number of hydrogen-bond donors (Lipinski definition) is 1. The fourth-order valence-electron chi connectivity index (χ4n) is 2.34. The van der Waals surface area contributed by atoms with Crippen molar-refractivity contribution >= 4 is 17.0 Å². The lowest BCUT2D eigenvalue weighted by molar-refractivity contribution is 0.203. The second-order valence-corrected chi connectivity index (χ2v) is 4.54. The van der Waals surface area contributed by atoms with E-state index in [1.54, 1.807) is 12.4 Å². The molecule has 3 heterocycles. The van der Waals surface area contributed by atoms with E-state index in [0.29, 0.717) is 11.6 Å². The van der Waals surface area contributed by atoms with Crippen molar-refractivity contribution in [3.63, 3.8) is 0 Å². The van der Waals surface area contributed by atoms with Crippen molar-refractivity contribution in [1.29, 1.82) is 0 Å². The van der Waals surface area contributed by atoms with Crippen LogP contribution in [-0.4, -0.2) is 44.7 Å². The molecule has 18 heavy (non-hydrogen) atoms. The third kappa shape index (κ3) is 1.99. The molecule has 6 heteroatoms. The highest BCUT2D eigenvalue weighted by atomic mass is 16.3. The number of piperidine rings is 1. The predicted molar refractivity (Wildman–Crippen MR) is 67.2 cm³/mol. The quantitative estimate of drug-likeness (QED) is 0.836. The van der Waals surface area contributed by atoms with E-state index in [-0.39, 0.29) is 6.61 Å². The molecule has 0 amide bonds. The fraction of sp³-hybridized carbons (Fsp3) is 0.500. The fourth-order valence-corrected chi connectivity index (χ4v) is 2.34. The molecule has 3 rings (SSSR count). The van der Waals surface area contributed by atoms with Crippen LogP contribution in [0.1, 0.15) is 12.8 Å². The molecule has 1 fully saturated rings. The molecule has 0 aliphatic carbocycles. The maximum atomic E-state index is 9.15. The average molecular weight is 245 g/mol. The molecule has 0 bridgehead atoms. The van der Waals surface area contributed by atoms with Gasteiger partial charge < -0.3 is 10.0 Å². The molecule has 2 aromatic rings. The van der Waals surface area contributed by atoms with E-state index in [4.69, 9.17) is 5.11 Å². The normalized spacial score (nSPS) is 17.3. The molecule has 6 nitrogen and oxygen atoms in total. The molecular formula is C12H15N5O. The van der Waals surface area contributed by atoms with E-state index in [1.165, 1.54) is 6.33 Å². The van der Waals surface area contributed by atoms with E-state index in [0.717, 1.165) is 37.3 Å². The predicted octanol–water partition coefficient (Wildman–Crippen LogP) is 0.628. The highest BCUT2D eigenvalue weighted by Gasteiger charge is 2.21. The Bertz CT molecular complexity index is 533. The summed E-state index contributed by atoms with van der Waals surface area (Å²) < 4.78 is 0. The Kier molecular flexibility index (Phi) is 3.02. The molecule has 0 atom stereocenters. The molecule has 2 aromatic heterocycles. The third-order valence-corrected chi connectivity index (χ3v) is 3.42. The van der Waals surface area contributed by atoms with Crippen molar-refractivity contribution < 1.29 is 5.11 Å². The first-order valence-corrected chi connectivity index (χ1v) is 6.16. The lowest BCUT2D eigenvalue weighted by atomic mass is 9.98. The van der Waals surface area contributed by atoms with Gasteiger partial charge in [0.15, 0.2) is 17.0 Å². The summed E-state index contributed by atoms with van der Waals surface area (Å²) in [7, 11) is 0. The van der Waals surface area contributed by atoms with Gasteiger partial charge in [0.05, 0.1) is 0 Å². The summed E-state index contributed by atoms with van der Waals surface area (Å²) in [5.41, 5.74) is 1.38. The van der Waals surface area contributed by atoms with Gasteiger partial charge in [-0.1, -0.05) is 0 Å². The monoisotopic (exact) mass is 245 g/mol. The summed E-state index contributed by atoms with van der Waals surface area (Å²) in [4.78, 5) is 19.2. The Morgan fingerprint density at radius 2 is 1.89 bits per heavy atom. The Hall–Kier alpha value is -1.82. The number of aromatic nitrogens is 4. The summed E-state index contributed by atoms with van der Waals surface area (Å²) in [6.07, 6.45) is 6.81. The van der Waals surface area contributed by atoms with Gasteiger partial charge >= 0.3 is 0 Å². The number of aliphatic hydroxyl groups is 1. The molecular weight excluding hydrogens is 230 g/mol. The molecule has 1 saturated heterocycles. The zero-order valence-electron chi connectivity index (χ0n) is 10.0. The van der Waals surface area contributed by atoms with E-state index in [1.807, 2.05) is 0 Å². The smallest absolute Gasteiger partial charge is 0.183 e. The Labute approximate surface area is 105 Å². The van der Waals surface area contributed by atoms with Crippen LogP contribution in [0.4, 0.5) is 5.82 Å². The summed E-state index contributed by atoms with van der Waals surface area (Å²) in [6.45, 7) is 2.07. The van der Waals surface area contributed by atoms with Crippen LogP contribution in [0, 0.1) is 5.92 Å². The first kappa shape index (κ1) is 11.3. The van der Waals surface area contributed by atoms with Crippen LogP contribution in [0.15, 0.2) is 18.7 Å². The molecule has 1 N–H and O–H groups in total. The van der Waals surface area contributed by atoms with Crippen LogP contribution < -0.4 is 4.90 Å². The minimum absolute atomic E-state index is 0.276. The number of nitrogens with zero attached hydrogens (tertiary/aromatic N) is 5. The summed E-state index contributed by atoms with van der Waals surface area (Å²) >= 11 is 0. The van der Waals surface area contributed by atoms with Crippen molar-refractivity contribution in [2.45, 2.75) is 12.8 Å². The second-order valence-electron chi connectivity index (χ2n) is 4.54. The van der Waals surface area contributed by atoms with Gasteiger partial charge in [-0.25, -0.2) is 19.9 Å². The number of aliphatic hydroxyl groups excluding tert-OH is 1. The SMILES string of the molecule is OCC1CCN(c2ncnc3nccnc23)CC1. The van der Waals surface area contributed by atoms with E-state index in [2.05, 4.69) is 24.8 Å². The molecule has 1 aliphatic heterocycles. The summed E-state index contributed by atoms with van der Waals surface area (Å²) in [5.74, 6) is 1.27. The zero-order valence-corrected chi connectivity index (χ0v) is 10.0. The van der Waals surface area contributed by atoms with Crippen molar-refractivity contribution in [2.75, 3.05) is 24.6 Å². The van der Waals surface area contributed by atoms with E-state index < -0.39 is 0 Å². The topological polar surface area (TPSA) is 75.0 Å². The lowest BCUT2D eigenvalue weighted by Gasteiger charge is -2.31. The average Bonchev–Trinajstić information content (AvgIpc) is 2.47. The lowest BCUT2D eigenvalue weighted by Crippen LogP contribution is -2.35. The maximum absolute atomic E-state index is 9.15. The molecule has 0 unspecified atom stereocenters. The first-order valence-electron chi connectivity index (χ1n) is 6.16. The van der Waals surface area contributed by atoms with Gasteiger partial charge in [-0.3, -0.25) is 0 Å². The van der Waals surface area contributed by atoms with Crippen LogP contribution in [0.3, 0.4) is 0 Å². The van der Waals surface area contributed by atoms with Gasteiger partial charge in [-0.15, -0.1) is 0 Å².